The van der Waals surface area contributed by atoms with Crippen molar-refractivity contribution in [2.45, 2.75) is 19.8 Å². The molecule has 1 N–H and O–H groups in total. The molecule has 2 heteroatoms. The lowest BCUT2D eigenvalue weighted by Crippen LogP contribution is -1.85. The first-order valence-electron chi connectivity index (χ1n) is 2.97. The van der Waals surface area contributed by atoms with E-state index in [1.165, 1.54) is 0 Å². The first kappa shape index (κ1) is 7.63. The van der Waals surface area contributed by atoms with E-state index in [0.29, 0.717) is 6.61 Å². The number of unbranched alkanes of at least 4 members (excludes halogenated alkanes) is 1. The van der Waals surface area contributed by atoms with Crippen LogP contribution in [0.1, 0.15) is 19.8 Å². The molecule has 0 atom stereocenters. The summed E-state index contributed by atoms with van der Waals surface area (Å²) in [5, 5.41) is 8.31. The van der Waals surface area contributed by atoms with Crippen molar-refractivity contribution in [2.75, 3.05) is 13.2 Å². The van der Waals surface area contributed by atoms with Crippen LogP contribution in [0.15, 0.2) is 4.99 Å². The quantitative estimate of drug-likeness (QED) is 0.427. The largest absolute Gasteiger partial charge is 0.396 e. The zero-order chi connectivity index (χ0) is 6.24. The summed E-state index contributed by atoms with van der Waals surface area (Å²) in [6, 6.07) is 0. The average molecular weight is 115 g/mol. The maximum atomic E-state index is 8.31. The van der Waals surface area contributed by atoms with E-state index in [1.807, 2.05) is 6.92 Å². The molecule has 0 aromatic rings. The van der Waals surface area contributed by atoms with E-state index >= 15 is 0 Å². The van der Waals surface area contributed by atoms with Gasteiger partial charge in [0.2, 0.25) is 0 Å². The molecule has 0 rings (SSSR count). The van der Waals surface area contributed by atoms with Crippen molar-refractivity contribution in [3.63, 3.8) is 0 Å². The van der Waals surface area contributed by atoms with Crippen LogP contribution in [0.25, 0.3) is 0 Å². The summed E-state index contributed by atoms with van der Waals surface area (Å²) in [4.78, 5) is 3.97. The number of aliphatic hydroxyl groups is 1. The molecule has 0 unspecified atom stereocenters. The Kier molecular flexibility index (Phi) is 6.32. The van der Waals surface area contributed by atoms with Crippen molar-refractivity contribution in [1.82, 2.24) is 0 Å². The minimum Gasteiger partial charge on any atom is -0.396 e. The molecule has 0 aliphatic heterocycles. The van der Waals surface area contributed by atoms with E-state index in [1.54, 1.807) is 6.21 Å². The van der Waals surface area contributed by atoms with Crippen LogP contribution in [0.2, 0.25) is 0 Å². The molecule has 0 fully saturated rings. The summed E-state index contributed by atoms with van der Waals surface area (Å²) < 4.78 is 0. The zero-order valence-electron chi connectivity index (χ0n) is 5.30. The van der Waals surface area contributed by atoms with Crippen molar-refractivity contribution in [2.24, 2.45) is 4.99 Å². The van der Waals surface area contributed by atoms with Gasteiger partial charge in [-0.05, 0) is 26.0 Å². The van der Waals surface area contributed by atoms with Gasteiger partial charge in [-0.25, -0.2) is 0 Å². The first-order valence-corrected chi connectivity index (χ1v) is 2.97. The van der Waals surface area contributed by atoms with E-state index < -0.39 is 0 Å². The van der Waals surface area contributed by atoms with Gasteiger partial charge in [-0.1, -0.05) is 0 Å². The Morgan fingerprint density at radius 3 is 2.75 bits per heavy atom. The maximum absolute atomic E-state index is 8.31. The molecule has 0 saturated heterocycles. The second-order valence-corrected chi connectivity index (χ2v) is 1.60. The number of nitrogens with zero attached hydrogens (tertiary/aromatic N) is 1. The van der Waals surface area contributed by atoms with Crippen LogP contribution in [0, 0.1) is 0 Å². The second-order valence-electron chi connectivity index (χ2n) is 1.60. The maximum Gasteiger partial charge on any atom is 0.0431 e. The van der Waals surface area contributed by atoms with Crippen LogP contribution in [0.3, 0.4) is 0 Å². The minimum absolute atomic E-state index is 0.291. The van der Waals surface area contributed by atoms with Gasteiger partial charge >= 0.3 is 0 Å². The fourth-order valence-electron chi connectivity index (χ4n) is 0.444. The van der Waals surface area contributed by atoms with Crippen LogP contribution in [-0.4, -0.2) is 24.5 Å². The summed E-state index contributed by atoms with van der Waals surface area (Å²) in [6.45, 7) is 3.05. The van der Waals surface area contributed by atoms with E-state index in [9.17, 15) is 0 Å². The van der Waals surface area contributed by atoms with Gasteiger partial charge in [0, 0.05) is 13.2 Å². The topological polar surface area (TPSA) is 32.6 Å². The summed E-state index contributed by atoms with van der Waals surface area (Å²) in [7, 11) is 0. The fourth-order valence-corrected chi connectivity index (χ4v) is 0.444. The van der Waals surface area contributed by atoms with Crippen LogP contribution >= 0.6 is 0 Å². The molecule has 0 aromatic carbocycles. The monoisotopic (exact) mass is 115 g/mol. The van der Waals surface area contributed by atoms with Crippen molar-refractivity contribution in [3.05, 3.63) is 0 Å². The molecule has 0 saturated carbocycles. The molecule has 0 aliphatic carbocycles. The van der Waals surface area contributed by atoms with Gasteiger partial charge in [-0.3, -0.25) is 4.99 Å². The molecule has 0 amide bonds. The fraction of sp³-hybridized carbons (Fsp3) is 0.833. The highest BCUT2D eigenvalue weighted by atomic mass is 16.2. The Hall–Kier alpha value is -0.370. The Morgan fingerprint density at radius 1 is 1.50 bits per heavy atom. The Balaban J connectivity index is 2.72. The summed E-state index contributed by atoms with van der Waals surface area (Å²) in [5.41, 5.74) is 0. The molecule has 0 spiro atoms. The predicted molar refractivity (Wildman–Crippen MR) is 35.4 cm³/mol. The summed E-state index contributed by atoms with van der Waals surface area (Å²) in [5.74, 6) is 0. The molecular formula is C6H13NO. The van der Waals surface area contributed by atoms with E-state index in [0.717, 1.165) is 19.4 Å². The predicted octanol–water partition coefficient (Wildman–Crippen LogP) is 0.850. The number of hydrogen-bond donors (Lipinski definition) is 1. The lowest BCUT2D eigenvalue weighted by atomic mass is 10.3. The minimum atomic E-state index is 0.291. The molecule has 2 nitrogen and oxygen atoms in total. The van der Waals surface area contributed by atoms with E-state index in [4.69, 9.17) is 5.11 Å². The lowest BCUT2D eigenvalue weighted by molar-refractivity contribution is 0.285. The van der Waals surface area contributed by atoms with E-state index in [-0.39, 0.29) is 0 Å². The van der Waals surface area contributed by atoms with Gasteiger partial charge in [-0.15, -0.1) is 0 Å². The van der Waals surface area contributed by atoms with Crippen LogP contribution in [-0.2, 0) is 0 Å². The molecule has 0 aromatic heterocycles. The summed E-state index contributed by atoms with van der Waals surface area (Å²) in [6.07, 6.45) is 3.66. The van der Waals surface area contributed by atoms with Crippen molar-refractivity contribution >= 4 is 6.21 Å². The smallest absolute Gasteiger partial charge is 0.0431 e. The third-order valence-corrected chi connectivity index (χ3v) is 0.878. The van der Waals surface area contributed by atoms with Gasteiger partial charge in [0.1, 0.15) is 0 Å². The highest BCUT2D eigenvalue weighted by Crippen LogP contribution is 1.85. The second kappa shape index (κ2) is 6.63. The Labute approximate surface area is 50.3 Å². The van der Waals surface area contributed by atoms with Gasteiger partial charge in [0.05, 0.1) is 0 Å². The highest BCUT2D eigenvalue weighted by Gasteiger charge is 1.79. The highest BCUT2D eigenvalue weighted by molar-refractivity contribution is 5.53. The summed E-state index contributed by atoms with van der Waals surface area (Å²) >= 11 is 0. The molecule has 8 heavy (non-hydrogen) atoms. The average Bonchev–Trinajstić information content (AvgIpc) is 1.81. The van der Waals surface area contributed by atoms with Crippen molar-refractivity contribution < 1.29 is 5.11 Å². The molecule has 0 bridgehead atoms. The van der Waals surface area contributed by atoms with Gasteiger partial charge < -0.3 is 5.11 Å². The standard InChI is InChI=1S/C6H13NO/c1-2-7-5-3-4-6-8/h2,8H,3-6H2,1H3. The molecule has 0 heterocycles. The molecule has 48 valence electrons. The van der Waals surface area contributed by atoms with Crippen LogP contribution < -0.4 is 0 Å². The van der Waals surface area contributed by atoms with Gasteiger partial charge in [0.15, 0.2) is 0 Å². The van der Waals surface area contributed by atoms with Gasteiger partial charge in [0.25, 0.3) is 0 Å². The SMILES string of the molecule is CC=NCCCCO. The van der Waals surface area contributed by atoms with Crippen LogP contribution in [0.5, 0.6) is 0 Å². The third-order valence-electron chi connectivity index (χ3n) is 0.878. The normalized spacial score (nSPS) is 10.8. The molecule has 0 aliphatic rings. The first-order chi connectivity index (χ1) is 3.91. The van der Waals surface area contributed by atoms with Gasteiger partial charge in [-0.2, -0.15) is 0 Å². The van der Waals surface area contributed by atoms with Crippen LogP contribution in [0.4, 0.5) is 0 Å². The molecule has 0 radical (unpaired) electrons. The third kappa shape index (κ3) is 5.63. The number of rotatable bonds is 4. The zero-order valence-corrected chi connectivity index (χ0v) is 5.30. The lowest BCUT2D eigenvalue weighted by Gasteiger charge is -1.88. The number of aliphatic imine (C=N–C) groups is 1. The Morgan fingerprint density at radius 2 is 2.25 bits per heavy atom. The van der Waals surface area contributed by atoms with Crippen molar-refractivity contribution in [1.29, 1.82) is 0 Å². The number of hydrogen-bond acceptors (Lipinski definition) is 2. The molecular weight excluding hydrogens is 102 g/mol. The number of aliphatic hydroxyl groups excluding tert-OH is 1. The Bertz CT molecular complexity index is 61.5. The van der Waals surface area contributed by atoms with Crippen molar-refractivity contribution in [3.8, 4) is 0 Å². The van der Waals surface area contributed by atoms with E-state index in [2.05, 4.69) is 4.99 Å².